The Morgan fingerprint density at radius 2 is 2.07 bits per heavy atom. The molecule has 1 saturated carbocycles. The summed E-state index contributed by atoms with van der Waals surface area (Å²) in [5.41, 5.74) is 1.14. The van der Waals surface area contributed by atoms with Gasteiger partial charge in [0.2, 0.25) is 0 Å². The summed E-state index contributed by atoms with van der Waals surface area (Å²) in [4.78, 5) is 11.8. The van der Waals surface area contributed by atoms with E-state index in [-0.39, 0.29) is 10.8 Å². The summed E-state index contributed by atoms with van der Waals surface area (Å²) >= 11 is 0. The van der Waals surface area contributed by atoms with Crippen molar-refractivity contribution in [3.05, 3.63) is 11.6 Å². The average Bonchev–Trinajstić information content (AvgIpc) is 2.13. The Morgan fingerprint density at radius 3 is 2.79 bits per heavy atom. The molecule has 2 heteroatoms. The van der Waals surface area contributed by atoms with Crippen molar-refractivity contribution >= 4 is 5.78 Å². The van der Waals surface area contributed by atoms with Crippen LogP contribution >= 0.6 is 0 Å². The quantitative estimate of drug-likeness (QED) is 0.553. The van der Waals surface area contributed by atoms with Gasteiger partial charge in [0.25, 0.3) is 0 Å². The fraction of sp³-hybridized carbons (Fsp3) is 0.750. The summed E-state index contributed by atoms with van der Waals surface area (Å²) < 4.78 is 5.48. The second kappa shape index (κ2) is 2.93. The molecule has 0 bridgehead atoms. The number of Topliss-reactive ketones (excluding diaryl/α,β-unsaturated/α-hetero) is 1. The highest BCUT2D eigenvalue weighted by Gasteiger charge is 2.47. The van der Waals surface area contributed by atoms with Crippen LogP contribution in [0.2, 0.25) is 0 Å². The van der Waals surface area contributed by atoms with E-state index >= 15 is 0 Å². The predicted molar refractivity (Wildman–Crippen MR) is 55.0 cm³/mol. The molecule has 78 valence electrons. The highest BCUT2D eigenvalue weighted by atomic mass is 16.5. The third-order valence-electron chi connectivity index (χ3n) is 3.75. The van der Waals surface area contributed by atoms with E-state index in [2.05, 4.69) is 13.0 Å². The number of rotatable bonds is 0. The van der Waals surface area contributed by atoms with E-state index in [1.165, 1.54) is 5.57 Å². The Bertz CT molecular complexity index is 301. The van der Waals surface area contributed by atoms with Gasteiger partial charge in [0, 0.05) is 17.3 Å². The fourth-order valence-electron chi connectivity index (χ4n) is 2.82. The van der Waals surface area contributed by atoms with E-state index in [0.29, 0.717) is 18.8 Å². The zero-order valence-electron chi connectivity index (χ0n) is 9.22. The summed E-state index contributed by atoms with van der Waals surface area (Å²) in [5, 5.41) is 0. The van der Waals surface area contributed by atoms with Gasteiger partial charge in [0.05, 0.1) is 13.2 Å². The predicted octanol–water partition coefficient (Wildman–Crippen LogP) is 2.34. The first-order valence-corrected chi connectivity index (χ1v) is 5.29. The van der Waals surface area contributed by atoms with Crippen LogP contribution in [0, 0.1) is 10.8 Å². The molecule has 1 fully saturated rings. The molecule has 1 aliphatic heterocycles. The molecule has 0 aromatic heterocycles. The summed E-state index contributed by atoms with van der Waals surface area (Å²) in [5.74, 6) is 0.378. The molecule has 0 saturated heterocycles. The van der Waals surface area contributed by atoms with E-state index < -0.39 is 0 Å². The van der Waals surface area contributed by atoms with Crippen molar-refractivity contribution < 1.29 is 9.53 Å². The molecule has 0 spiro atoms. The molecule has 0 aromatic carbocycles. The van der Waals surface area contributed by atoms with Gasteiger partial charge in [-0.3, -0.25) is 4.79 Å². The van der Waals surface area contributed by atoms with Crippen LogP contribution in [0.15, 0.2) is 11.6 Å². The van der Waals surface area contributed by atoms with E-state index in [4.69, 9.17) is 4.74 Å². The summed E-state index contributed by atoms with van der Waals surface area (Å²) in [7, 11) is 0. The lowest BCUT2D eigenvalue weighted by atomic mass is 9.59. The summed E-state index contributed by atoms with van der Waals surface area (Å²) in [6.07, 6.45) is 3.76. The van der Waals surface area contributed by atoms with Gasteiger partial charge in [-0.1, -0.05) is 18.6 Å². The Hall–Kier alpha value is -0.630. The Balaban J connectivity index is 2.44. The molecule has 0 aromatic rings. The minimum Gasteiger partial charge on any atom is -0.376 e. The molecule has 2 rings (SSSR count). The minimum absolute atomic E-state index is 0.107. The van der Waals surface area contributed by atoms with Gasteiger partial charge >= 0.3 is 0 Å². The minimum atomic E-state index is -0.267. The largest absolute Gasteiger partial charge is 0.376 e. The number of hydrogen-bond donors (Lipinski definition) is 0. The standard InChI is InChI=1S/C12H18O2/c1-11(2)9-5-7-14-8-12(9,3)6-4-10(11)13/h5H,4,6-8H2,1-3H3/t12-/m1/s1. The molecule has 1 atom stereocenters. The van der Waals surface area contributed by atoms with Crippen LogP contribution < -0.4 is 0 Å². The Morgan fingerprint density at radius 1 is 1.36 bits per heavy atom. The van der Waals surface area contributed by atoms with Crippen molar-refractivity contribution in [1.82, 2.24) is 0 Å². The number of fused-ring (bicyclic) bond motifs is 1. The van der Waals surface area contributed by atoms with Crippen LogP contribution in [0.3, 0.4) is 0 Å². The molecule has 14 heavy (non-hydrogen) atoms. The van der Waals surface area contributed by atoms with Crippen LogP contribution in [-0.4, -0.2) is 19.0 Å². The van der Waals surface area contributed by atoms with E-state index in [9.17, 15) is 4.79 Å². The third kappa shape index (κ3) is 1.24. The normalized spacial score (nSPS) is 36.2. The molecule has 2 nitrogen and oxygen atoms in total. The first kappa shape index (κ1) is 9.91. The number of ketones is 1. The number of carbonyl (C=O) groups is 1. The van der Waals surface area contributed by atoms with Gasteiger partial charge < -0.3 is 4.74 Å². The molecule has 0 radical (unpaired) electrons. The molecule has 0 unspecified atom stereocenters. The van der Waals surface area contributed by atoms with Crippen molar-refractivity contribution in [3.63, 3.8) is 0 Å². The first-order chi connectivity index (χ1) is 6.47. The van der Waals surface area contributed by atoms with E-state index in [0.717, 1.165) is 13.0 Å². The second-order valence-electron chi connectivity index (χ2n) is 5.24. The van der Waals surface area contributed by atoms with Crippen LogP contribution in [0.4, 0.5) is 0 Å². The van der Waals surface area contributed by atoms with Crippen molar-refractivity contribution in [2.24, 2.45) is 10.8 Å². The highest BCUT2D eigenvalue weighted by Crippen LogP contribution is 2.50. The van der Waals surface area contributed by atoms with E-state index in [1.54, 1.807) is 0 Å². The first-order valence-electron chi connectivity index (χ1n) is 5.29. The van der Waals surface area contributed by atoms with Gasteiger partial charge in [0.1, 0.15) is 5.78 Å². The maximum absolute atomic E-state index is 11.8. The Kier molecular flexibility index (Phi) is 2.07. The van der Waals surface area contributed by atoms with Gasteiger partial charge in [0.15, 0.2) is 0 Å². The topological polar surface area (TPSA) is 26.3 Å². The number of ether oxygens (including phenoxy) is 1. The lowest BCUT2D eigenvalue weighted by Crippen LogP contribution is -2.45. The Labute approximate surface area is 85.3 Å². The van der Waals surface area contributed by atoms with Gasteiger partial charge in [-0.05, 0) is 20.3 Å². The monoisotopic (exact) mass is 194 g/mol. The summed E-state index contributed by atoms with van der Waals surface area (Å²) in [6, 6.07) is 0. The smallest absolute Gasteiger partial charge is 0.142 e. The lowest BCUT2D eigenvalue weighted by Gasteiger charge is -2.46. The zero-order chi connectivity index (χ0) is 10.4. The molecule has 2 aliphatic rings. The van der Waals surface area contributed by atoms with Crippen LogP contribution in [0.5, 0.6) is 0 Å². The van der Waals surface area contributed by atoms with Gasteiger partial charge in [-0.25, -0.2) is 0 Å². The molecule has 1 heterocycles. The van der Waals surface area contributed by atoms with Crippen LogP contribution in [-0.2, 0) is 9.53 Å². The van der Waals surface area contributed by atoms with Gasteiger partial charge in [-0.2, -0.15) is 0 Å². The lowest BCUT2D eigenvalue weighted by molar-refractivity contribution is -0.129. The fourth-order valence-corrected chi connectivity index (χ4v) is 2.82. The van der Waals surface area contributed by atoms with Crippen molar-refractivity contribution in [2.75, 3.05) is 13.2 Å². The van der Waals surface area contributed by atoms with Crippen molar-refractivity contribution in [1.29, 1.82) is 0 Å². The summed E-state index contributed by atoms with van der Waals surface area (Å²) in [6.45, 7) is 7.75. The number of carbonyl (C=O) groups excluding carboxylic acids is 1. The highest BCUT2D eigenvalue weighted by molar-refractivity contribution is 5.88. The molecular formula is C12H18O2. The van der Waals surface area contributed by atoms with E-state index in [1.807, 2.05) is 13.8 Å². The average molecular weight is 194 g/mol. The van der Waals surface area contributed by atoms with Crippen molar-refractivity contribution in [3.8, 4) is 0 Å². The van der Waals surface area contributed by atoms with Gasteiger partial charge in [-0.15, -0.1) is 0 Å². The number of hydrogen-bond acceptors (Lipinski definition) is 2. The molecular weight excluding hydrogens is 176 g/mol. The maximum Gasteiger partial charge on any atom is 0.142 e. The second-order valence-corrected chi connectivity index (χ2v) is 5.24. The maximum atomic E-state index is 11.8. The van der Waals surface area contributed by atoms with Crippen LogP contribution in [0.25, 0.3) is 0 Å². The third-order valence-corrected chi connectivity index (χ3v) is 3.75. The zero-order valence-corrected chi connectivity index (χ0v) is 9.22. The molecule has 1 aliphatic carbocycles. The van der Waals surface area contributed by atoms with Crippen LogP contribution in [0.1, 0.15) is 33.6 Å². The van der Waals surface area contributed by atoms with Crippen molar-refractivity contribution in [2.45, 2.75) is 33.6 Å². The molecule has 0 amide bonds. The molecule has 0 N–H and O–H groups in total. The SMILES string of the molecule is CC1(C)C(=O)CC[C@]2(C)COCC=C12.